The molecule has 3 rings (SSSR count). The first-order valence-corrected chi connectivity index (χ1v) is 6.73. The molecule has 0 unspecified atom stereocenters. The number of morpholine rings is 1. The highest BCUT2D eigenvalue weighted by Crippen LogP contribution is 2.11. The van der Waals surface area contributed by atoms with Gasteiger partial charge in [-0.3, -0.25) is 9.48 Å². The Morgan fingerprint density at radius 1 is 1.29 bits per heavy atom. The Morgan fingerprint density at radius 3 is 2.71 bits per heavy atom. The highest BCUT2D eigenvalue weighted by molar-refractivity contribution is 5.90. The summed E-state index contributed by atoms with van der Waals surface area (Å²) < 4.78 is 6.84. The van der Waals surface area contributed by atoms with Gasteiger partial charge in [0.05, 0.1) is 31.3 Å². The first-order valence-electron chi connectivity index (χ1n) is 6.73. The molecule has 1 N–H and O–H groups in total. The van der Waals surface area contributed by atoms with E-state index in [0.717, 1.165) is 13.1 Å². The van der Waals surface area contributed by atoms with Crippen LogP contribution >= 0.6 is 0 Å². The summed E-state index contributed by atoms with van der Waals surface area (Å²) in [5.74, 6) is 0.491. The van der Waals surface area contributed by atoms with Gasteiger partial charge >= 0.3 is 0 Å². The third kappa shape index (κ3) is 3.54. The molecule has 1 fully saturated rings. The summed E-state index contributed by atoms with van der Waals surface area (Å²) in [5.41, 5.74) is 0.573. The molecule has 8 nitrogen and oxygen atoms in total. The predicted octanol–water partition coefficient (Wildman–Crippen LogP) is 0.148. The first-order chi connectivity index (χ1) is 10.3. The average molecular weight is 288 g/mol. The van der Waals surface area contributed by atoms with Gasteiger partial charge in [0, 0.05) is 25.5 Å². The second-order valence-corrected chi connectivity index (χ2v) is 4.62. The van der Waals surface area contributed by atoms with Crippen molar-refractivity contribution >= 4 is 17.5 Å². The van der Waals surface area contributed by atoms with Crippen LogP contribution in [0, 0.1) is 0 Å². The topological polar surface area (TPSA) is 85.2 Å². The van der Waals surface area contributed by atoms with Gasteiger partial charge < -0.3 is 15.0 Å². The highest BCUT2D eigenvalue weighted by Gasteiger charge is 2.13. The van der Waals surface area contributed by atoms with E-state index >= 15 is 0 Å². The molecule has 1 amide bonds. The molecule has 8 heteroatoms. The number of nitrogens with one attached hydrogen (secondary N) is 1. The van der Waals surface area contributed by atoms with Crippen LogP contribution < -0.4 is 10.2 Å². The van der Waals surface area contributed by atoms with Gasteiger partial charge in [-0.15, -0.1) is 0 Å². The smallest absolute Gasteiger partial charge is 0.246 e. The lowest BCUT2D eigenvalue weighted by atomic mass is 10.4. The van der Waals surface area contributed by atoms with Crippen LogP contribution in [0.2, 0.25) is 0 Å². The molecule has 21 heavy (non-hydrogen) atoms. The van der Waals surface area contributed by atoms with Crippen LogP contribution in [0.4, 0.5) is 11.6 Å². The van der Waals surface area contributed by atoms with E-state index in [2.05, 4.69) is 25.3 Å². The molecule has 0 saturated carbocycles. The molecular formula is C13H16N6O2. The van der Waals surface area contributed by atoms with Crippen LogP contribution in [0.3, 0.4) is 0 Å². The molecule has 110 valence electrons. The lowest BCUT2D eigenvalue weighted by molar-refractivity contribution is -0.116. The molecule has 2 aromatic heterocycles. The molecule has 0 radical (unpaired) electrons. The summed E-state index contributed by atoms with van der Waals surface area (Å²) >= 11 is 0. The van der Waals surface area contributed by atoms with Gasteiger partial charge in [-0.05, 0) is 6.07 Å². The Morgan fingerprint density at radius 2 is 2.05 bits per heavy atom. The van der Waals surface area contributed by atoms with Crippen molar-refractivity contribution in [2.24, 2.45) is 0 Å². The van der Waals surface area contributed by atoms with Gasteiger partial charge in [-0.2, -0.15) is 5.10 Å². The van der Waals surface area contributed by atoms with E-state index in [1.807, 2.05) is 0 Å². The van der Waals surface area contributed by atoms with E-state index in [9.17, 15) is 4.79 Å². The number of anilines is 2. The van der Waals surface area contributed by atoms with Crippen molar-refractivity contribution in [1.82, 2.24) is 19.7 Å². The SMILES string of the molecule is O=C(Cn1cccn1)Nc1cnc(N2CCOCC2)nc1. The molecule has 0 atom stereocenters. The Balaban J connectivity index is 1.57. The molecule has 0 spiro atoms. The van der Waals surface area contributed by atoms with E-state index in [1.165, 1.54) is 0 Å². The number of aromatic nitrogens is 4. The lowest BCUT2D eigenvalue weighted by Gasteiger charge is -2.26. The van der Waals surface area contributed by atoms with Gasteiger partial charge in [0.15, 0.2) is 0 Å². The standard InChI is InChI=1S/C13H16N6O2/c20-12(10-19-3-1-2-16-19)17-11-8-14-13(15-9-11)18-4-6-21-7-5-18/h1-3,8-9H,4-7,10H2,(H,17,20). The largest absolute Gasteiger partial charge is 0.378 e. The Bertz CT molecular complexity index is 577. The number of nitrogens with zero attached hydrogens (tertiary/aromatic N) is 5. The fraction of sp³-hybridized carbons (Fsp3) is 0.385. The van der Waals surface area contributed by atoms with Crippen LogP contribution in [-0.4, -0.2) is 52.0 Å². The third-order valence-electron chi connectivity index (χ3n) is 3.08. The van der Waals surface area contributed by atoms with Crippen LogP contribution in [0.1, 0.15) is 0 Å². The van der Waals surface area contributed by atoms with E-state index < -0.39 is 0 Å². The van der Waals surface area contributed by atoms with Gasteiger partial charge in [-0.25, -0.2) is 9.97 Å². The van der Waals surface area contributed by atoms with Crippen molar-refractivity contribution < 1.29 is 9.53 Å². The molecule has 1 saturated heterocycles. The summed E-state index contributed by atoms with van der Waals surface area (Å²) in [4.78, 5) is 22.4. The van der Waals surface area contributed by atoms with Crippen molar-refractivity contribution in [2.45, 2.75) is 6.54 Å². The zero-order valence-electron chi connectivity index (χ0n) is 11.5. The monoisotopic (exact) mass is 288 g/mol. The zero-order chi connectivity index (χ0) is 14.5. The quantitative estimate of drug-likeness (QED) is 0.862. The van der Waals surface area contributed by atoms with Crippen LogP contribution in [0.5, 0.6) is 0 Å². The molecule has 1 aliphatic heterocycles. The zero-order valence-corrected chi connectivity index (χ0v) is 11.5. The minimum Gasteiger partial charge on any atom is -0.378 e. The van der Waals surface area contributed by atoms with E-state index in [-0.39, 0.29) is 12.5 Å². The number of ether oxygens (including phenoxy) is 1. The number of carbonyl (C=O) groups is 1. The van der Waals surface area contributed by atoms with Gasteiger partial charge in [0.25, 0.3) is 0 Å². The molecular weight excluding hydrogens is 272 g/mol. The van der Waals surface area contributed by atoms with Crippen LogP contribution in [0.15, 0.2) is 30.9 Å². The maximum Gasteiger partial charge on any atom is 0.246 e. The molecule has 1 aliphatic rings. The third-order valence-corrected chi connectivity index (χ3v) is 3.08. The van der Waals surface area contributed by atoms with Crippen molar-refractivity contribution in [1.29, 1.82) is 0 Å². The molecule has 3 heterocycles. The van der Waals surface area contributed by atoms with E-state index in [1.54, 1.807) is 35.5 Å². The van der Waals surface area contributed by atoms with E-state index in [0.29, 0.717) is 24.8 Å². The average Bonchev–Trinajstić information content (AvgIpc) is 3.02. The van der Waals surface area contributed by atoms with Crippen molar-refractivity contribution in [3.05, 3.63) is 30.9 Å². The number of rotatable bonds is 4. The van der Waals surface area contributed by atoms with Crippen LogP contribution in [-0.2, 0) is 16.1 Å². The summed E-state index contributed by atoms with van der Waals surface area (Å²) in [7, 11) is 0. The first kappa shape index (κ1) is 13.5. The summed E-state index contributed by atoms with van der Waals surface area (Å²) in [6.07, 6.45) is 6.59. The summed E-state index contributed by atoms with van der Waals surface area (Å²) in [5, 5.41) is 6.72. The molecule has 2 aromatic rings. The maximum absolute atomic E-state index is 11.8. The molecule has 0 aromatic carbocycles. The molecule has 0 bridgehead atoms. The molecule has 0 aliphatic carbocycles. The van der Waals surface area contributed by atoms with Gasteiger partial charge in [0.2, 0.25) is 11.9 Å². The maximum atomic E-state index is 11.8. The minimum atomic E-state index is -0.165. The minimum absolute atomic E-state index is 0.165. The van der Waals surface area contributed by atoms with Crippen molar-refractivity contribution in [3.8, 4) is 0 Å². The van der Waals surface area contributed by atoms with Crippen molar-refractivity contribution in [2.75, 3.05) is 36.5 Å². The predicted molar refractivity (Wildman–Crippen MR) is 75.9 cm³/mol. The number of carbonyl (C=O) groups excluding carboxylic acids is 1. The van der Waals surface area contributed by atoms with Gasteiger partial charge in [-0.1, -0.05) is 0 Å². The second-order valence-electron chi connectivity index (χ2n) is 4.62. The van der Waals surface area contributed by atoms with Gasteiger partial charge in [0.1, 0.15) is 6.54 Å². The lowest BCUT2D eigenvalue weighted by Crippen LogP contribution is -2.37. The number of amides is 1. The summed E-state index contributed by atoms with van der Waals surface area (Å²) in [6.45, 7) is 3.10. The Kier molecular flexibility index (Phi) is 4.06. The number of hydrogen-bond acceptors (Lipinski definition) is 6. The Labute approximate surface area is 121 Å². The summed E-state index contributed by atoms with van der Waals surface area (Å²) in [6, 6.07) is 1.77. The van der Waals surface area contributed by atoms with Crippen molar-refractivity contribution in [3.63, 3.8) is 0 Å². The second kappa shape index (κ2) is 6.31. The fourth-order valence-electron chi connectivity index (χ4n) is 2.05. The van der Waals surface area contributed by atoms with Crippen LogP contribution in [0.25, 0.3) is 0 Å². The highest BCUT2D eigenvalue weighted by atomic mass is 16.5. The number of hydrogen-bond donors (Lipinski definition) is 1. The van der Waals surface area contributed by atoms with E-state index in [4.69, 9.17) is 4.74 Å². The fourth-order valence-corrected chi connectivity index (χ4v) is 2.05. The Hall–Kier alpha value is -2.48. The normalized spacial score (nSPS) is 15.0.